The van der Waals surface area contributed by atoms with Gasteiger partial charge in [0.25, 0.3) is 0 Å². The average Bonchev–Trinajstić information content (AvgIpc) is 2.61. The molecule has 4 heteroatoms. The highest BCUT2D eigenvalue weighted by molar-refractivity contribution is 5.78. The molecule has 1 aromatic rings. The van der Waals surface area contributed by atoms with Crippen LogP contribution in [0.25, 0.3) is 0 Å². The van der Waals surface area contributed by atoms with E-state index in [1.807, 2.05) is 30.3 Å². The molecule has 0 bridgehead atoms. The van der Waals surface area contributed by atoms with E-state index >= 15 is 0 Å². The van der Waals surface area contributed by atoms with Crippen molar-refractivity contribution in [1.82, 2.24) is 5.32 Å². The van der Waals surface area contributed by atoms with E-state index < -0.39 is 17.6 Å². The van der Waals surface area contributed by atoms with E-state index in [1.165, 1.54) is 25.7 Å². The van der Waals surface area contributed by atoms with Crippen molar-refractivity contribution in [2.45, 2.75) is 76.4 Å². The fourth-order valence-electron chi connectivity index (χ4n) is 3.13. The maximum absolute atomic E-state index is 11.8. The van der Waals surface area contributed by atoms with Crippen molar-refractivity contribution >= 4 is 5.97 Å². The van der Waals surface area contributed by atoms with E-state index in [4.69, 9.17) is 0 Å². The van der Waals surface area contributed by atoms with E-state index in [1.54, 1.807) is 7.05 Å². The molecule has 2 atom stereocenters. The van der Waals surface area contributed by atoms with E-state index in [9.17, 15) is 15.0 Å². The maximum atomic E-state index is 11.8. The molecule has 0 spiro atoms. The van der Waals surface area contributed by atoms with Crippen LogP contribution in [0, 0.1) is 0 Å². The van der Waals surface area contributed by atoms with E-state index in [-0.39, 0.29) is 0 Å². The lowest BCUT2D eigenvalue weighted by molar-refractivity contribution is -0.145. The average molecular weight is 335 g/mol. The number of nitrogens with one attached hydrogen (secondary N) is 1. The van der Waals surface area contributed by atoms with E-state index in [2.05, 4.69) is 12.2 Å². The van der Waals surface area contributed by atoms with Crippen LogP contribution in [0.5, 0.6) is 0 Å². The molecule has 3 N–H and O–H groups in total. The summed E-state index contributed by atoms with van der Waals surface area (Å²) in [6, 6.07) is 9.43. The predicted molar refractivity (Wildman–Crippen MR) is 98.1 cm³/mol. The Morgan fingerprint density at radius 3 is 2.29 bits per heavy atom. The highest BCUT2D eigenvalue weighted by Crippen LogP contribution is 2.27. The Labute approximate surface area is 146 Å². The minimum absolute atomic E-state index is 0.420. The molecule has 1 rings (SSSR count). The molecule has 0 amide bonds. The van der Waals surface area contributed by atoms with Crippen molar-refractivity contribution in [2.75, 3.05) is 7.05 Å². The van der Waals surface area contributed by atoms with Crippen LogP contribution in [0.15, 0.2) is 30.3 Å². The van der Waals surface area contributed by atoms with Gasteiger partial charge < -0.3 is 15.5 Å². The Kier molecular flexibility index (Phi) is 9.65. The van der Waals surface area contributed by atoms with Crippen LogP contribution >= 0.6 is 0 Å². The molecule has 0 aliphatic rings. The molecule has 0 aliphatic carbocycles. The largest absolute Gasteiger partial charge is 0.480 e. The topological polar surface area (TPSA) is 69.6 Å². The molecule has 4 nitrogen and oxygen atoms in total. The molecule has 1 aromatic carbocycles. The van der Waals surface area contributed by atoms with Crippen LogP contribution in [0.1, 0.15) is 76.4 Å². The SMILES string of the molecule is CCCCCCCCC(CCC(O)c1ccccc1)(NC)C(=O)O. The molecule has 0 heterocycles. The zero-order valence-corrected chi connectivity index (χ0v) is 15.1. The van der Waals surface area contributed by atoms with Gasteiger partial charge in [0.1, 0.15) is 5.54 Å². The monoisotopic (exact) mass is 335 g/mol. The van der Waals surface area contributed by atoms with E-state index in [0.717, 1.165) is 18.4 Å². The lowest BCUT2D eigenvalue weighted by atomic mass is 9.85. The first-order chi connectivity index (χ1) is 11.6. The molecule has 136 valence electrons. The summed E-state index contributed by atoms with van der Waals surface area (Å²) in [6.07, 6.45) is 7.66. The van der Waals surface area contributed by atoms with E-state index in [0.29, 0.717) is 19.3 Å². The zero-order chi connectivity index (χ0) is 17.8. The Hall–Kier alpha value is -1.39. The smallest absolute Gasteiger partial charge is 0.323 e. The van der Waals surface area contributed by atoms with Gasteiger partial charge in [-0.15, -0.1) is 0 Å². The standard InChI is InChI=1S/C20H33NO3/c1-3-4-5-6-7-11-15-20(21-2,19(23)24)16-14-18(22)17-12-9-8-10-13-17/h8-10,12-13,18,21-22H,3-7,11,14-16H2,1-2H3,(H,23,24). The Morgan fingerprint density at radius 2 is 1.71 bits per heavy atom. The predicted octanol–water partition coefficient (Wildman–Crippen LogP) is 4.29. The summed E-state index contributed by atoms with van der Waals surface area (Å²) in [5.74, 6) is -0.821. The summed E-state index contributed by atoms with van der Waals surface area (Å²) >= 11 is 0. The third-order valence-electron chi connectivity index (χ3n) is 4.87. The quantitative estimate of drug-likeness (QED) is 0.470. The summed E-state index contributed by atoms with van der Waals surface area (Å²) in [5.41, 5.74) is -0.104. The highest BCUT2D eigenvalue weighted by atomic mass is 16.4. The second-order valence-electron chi connectivity index (χ2n) is 6.62. The molecule has 0 saturated carbocycles. The summed E-state index contributed by atoms with van der Waals surface area (Å²) in [5, 5.41) is 23.0. The number of aliphatic hydroxyl groups is 1. The van der Waals surface area contributed by atoms with Gasteiger partial charge in [0, 0.05) is 0 Å². The summed E-state index contributed by atoms with van der Waals surface area (Å²) in [6.45, 7) is 2.19. The van der Waals surface area contributed by atoms with Crippen molar-refractivity contribution in [3.05, 3.63) is 35.9 Å². The van der Waals surface area contributed by atoms with Gasteiger partial charge in [0.2, 0.25) is 0 Å². The van der Waals surface area contributed by atoms with Gasteiger partial charge in [-0.1, -0.05) is 75.8 Å². The van der Waals surface area contributed by atoms with Gasteiger partial charge in [0.05, 0.1) is 6.10 Å². The minimum atomic E-state index is -0.944. The molecule has 0 radical (unpaired) electrons. The first-order valence-corrected chi connectivity index (χ1v) is 9.21. The third-order valence-corrected chi connectivity index (χ3v) is 4.87. The van der Waals surface area contributed by atoms with Gasteiger partial charge in [0.15, 0.2) is 0 Å². The summed E-state index contributed by atoms with van der Waals surface area (Å²) < 4.78 is 0. The number of likely N-dealkylation sites (N-methyl/N-ethyl adjacent to an activating group) is 1. The van der Waals surface area contributed by atoms with Gasteiger partial charge in [-0.3, -0.25) is 4.79 Å². The highest BCUT2D eigenvalue weighted by Gasteiger charge is 2.36. The number of hydrogen-bond donors (Lipinski definition) is 3. The Balaban J connectivity index is 2.52. The minimum Gasteiger partial charge on any atom is -0.480 e. The van der Waals surface area contributed by atoms with Crippen LogP contribution in [0.3, 0.4) is 0 Å². The number of carboxylic acids is 1. The van der Waals surface area contributed by atoms with Crippen molar-refractivity contribution in [2.24, 2.45) is 0 Å². The molecule has 2 unspecified atom stereocenters. The first-order valence-electron chi connectivity index (χ1n) is 9.21. The number of carbonyl (C=O) groups is 1. The second kappa shape index (κ2) is 11.2. The van der Waals surface area contributed by atoms with Crippen molar-refractivity contribution < 1.29 is 15.0 Å². The van der Waals surface area contributed by atoms with Crippen molar-refractivity contribution in [1.29, 1.82) is 0 Å². The maximum Gasteiger partial charge on any atom is 0.323 e. The van der Waals surface area contributed by atoms with Crippen LogP contribution < -0.4 is 5.32 Å². The van der Waals surface area contributed by atoms with Gasteiger partial charge in [-0.2, -0.15) is 0 Å². The molecule has 0 aliphatic heterocycles. The normalized spacial score (nSPS) is 15.0. The number of hydrogen-bond acceptors (Lipinski definition) is 3. The third kappa shape index (κ3) is 6.62. The molecule has 0 aromatic heterocycles. The first kappa shape index (κ1) is 20.7. The van der Waals surface area contributed by atoms with Gasteiger partial charge >= 0.3 is 5.97 Å². The van der Waals surface area contributed by atoms with Gasteiger partial charge in [-0.25, -0.2) is 0 Å². The summed E-state index contributed by atoms with van der Waals surface area (Å²) in [4.78, 5) is 11.8. The lowest BCUT2D eigenvalue weighted by Gasteiger charge is -2.30. The van der Waals surface area contributed by atoms with Crippen LogP contribution in [-0.2, 0) is 4.79 Å². The summed E-state index contributed by atoms with van der Waals surface area (Å²) in [7, 11) is 1.71. The van der Waals surface area contributed by atoms with Crippen molar-refractivity contribution in [3.8, 4) is 0 Å². The van der Waals surface area contributed by atoms with Crippen molar-refractivity contribution in [3.63, 3.8) is 0 Å². The number of unbranched alkanes of at least 4 members (excludes halogenated alkanes) is 5. The fourth-order valence-corrected chi connectivity index (χ4v) is 3.13. The fraction of sp³-hybridized carbons (Fsp3) is 0.650. The van der Waals surface area contributed by atoms with Crippen LogP contribution in [-0.4, -0.2) is 28.8 Å². The molecule has 24 heavy (non-hydrogen) atoms. The molecule has 0 saturated heterocycles. The van der Waals surface area contributed by atoms with Crippen LogP contribution in [0.4, 0.5) is 0 Å². The molecule has 0 fully saturated rings. The zero-order valence-electron chi connectivity index (χ0n) is 15.1. The Morgan fingerprint density at radius 1 is 1.08 bits per heavy atom. The molecular formula is C20H33NO3. The second-order valence-corrected chi connectivity index (χ2v) is 6.62. The lowest BCUT2D eigenvalue weighted by Crippen LogP contribution is -2.50. The van der Waals surface area contributed by atoms with Gasteiger partial charge in [-0.05, 0) is 31.9 Å². The number of rotatable bonds is 13. The number of aliphatic carboxylic acids is 1. The van der Waals surface area contributed by atoms with Crippen LogP contribution in [0.2, 0.25) is 0 Å². The number of aliphatic hydroxyl groups excluding tert-OH is 1. The number of carboxylic acid groups (broad SMARTS) is 1. The molecular weight excluding hydrogens is 302 g/mol. The number of benzene rings is 1. The Bertz CT molecular complexity index is 463.